The third-order valence-corrected chi connectivity index (χ3v) is 6.31. The first-order chi connectivity index (χ1) is 15.8. The Morgan fingerprint density at radius 1 is 1.03 bits per heavy atom. The second-order valence-corrected chi connectivity index (χ2v) is 9.16. The summed E-state index contributed by atoms with van der Waals surface area (Å²) in [5, 5.41) is 3.63. The maximum atomic E-state index is 13.3. The van der Waals surface area contributed by atoms with E-state index < -0.39 is 5.25 Å². The van der Waals surface area contributed by atoms with Crippen molar-refractivity contribution in [1.29, 1.82) is 0 Å². The van der Waals surface area contributed by atoms with Gasteiger partial charge in [0.1, 0.15) is 0 Å². The maximum Gasteiger partial charge on any atom is 0.266 e. The summed E-state index contributed by atoms with van der Waals surface area (Å²) < 4.78 is 1.48. The van der Waals surface area contributed by atoms with Gasteiger partial charge in [-0.3, -0.25) is 19.0 Å². The van der Waals surface area contributed by atoms with Crippen LogP contribution in [0, 0.1) is 0 Å². The molecule has 166 valence electrons. The quantitative estimate of drug-likeness (QED) is 0.229. The maximum absolute atomic E-state index is 13.3. The van der Waals surface area contributed by atoms with Gasteiger partial charge in [0.05, 0.1) is 21.8 Å². The molecule has 1 unspecified atom stereocenters. The van der Waals surface area contributed by atoms with Gasteiger partial charge in [-0.1, -0.05) is 41.6 Å². The van der Waals surface area contributed by atoms with Crippen LogP contribution in [0.5, 0.6) is 0 Å². The van der Waals surface area contributed by atoms with Gasteiger partial charge in [0.25, 0.3) is 5.56 Å². The molecule has 0 fully saturated rings. The number of carbonyl (C=O) groups excluding carboxylic acids is 2. The minimum absolute atomic E-state index is 0.0434. The lowest BCUT2D eigenvalue weighted by Crippen LogP contribution is -2.26. The van der Waals surface area contributed by atoms with Crippen LogP contribution in [0.25, 0.3) is 16.6 Å². The highest BCUT2D eigenvalue weighted by Gasteiger charge is 2.20. The van der Waals surface area contributed by atoms with Gasteiger partial charge in [0.2, 0.25) is 5.91 Å². The number of nitrogens with zero attached hydrogens (tertiary/aromatic N) is 2. The molecule has 0 saturated carbocycles. The Balaban J connectivity index is 1.67. The molecule has 0 saturated heterocycles. The topological polar surface area (TPSA) is 81.1 Å². The van der Waals surface area contributed by atoms with Gasteiger partial charge in [0.15, 0.2) is 10.9 Å². The summed E-state index contributed by atoms with van der Waals surface area (Å²) in [7, 11) is 0. The van der Waals surface area contributed by atoms with E-state index in [1.807, 2.05) is 6.07 Å². The molecule has 0 aliphatic rings. The number of amides is 1. The van der Waals surface area contributed by atoms with E-state index in [1.54, 1.807) is 73.7 Å². The molecular weight excluding hydrogens is 458 g/mol. The van der Waals surface area contributed by atoms with Crippen LogP contribution in [0.1, 0.15) is 24.2 Å². The number of benzene rings is 3. The summed E-state index contributed by atoms with van der Waals surface area (Å²) in [6, 6.07) is 20.7. The van der Waals surface area contributed by atoms with E-state index in [4.69, 9.17) is 11.6 Å². The number of para-hydroxylation sites is 1. The van der Waals surface area contributed by atoms with Crippen molar-refractivity contribution in [1.82, 2.24) is 9.55 Å². The summed E-state index contributed by atoms with van der Waals surface area (Å²) >= 11 is 7.34. The van der Waals surface area contributed by atoms with Gasteiger partial charge in [-0.15, -0.1) is 0 Å². The molecule has 0 aliphatic carbocycles. The van der Waals surface area contributed by atoms with Crippen LogP contribution in [0.15, 0.2) is 82.7 Å². The molecule has 8 heteroatoms. The number of anilines is 1. The van der Waals surface area contributed by atoms with Crippen LogP contribution in [0.4, 0.5) is 5.69 Å². The molecule has 6 nitrogen and oxygen atoms in total. The van der Waals surface area contributed by atoms with E-state index in [2.05, 4.69) is 10.3 Å². The highest BCUT2D eigenvalue weighted by molar-refractivity contribution is 8.00. The van der Waals surface area contributed by atoms with E-state index in [9.17, 15) is 14.4 Å². The Morgan fingerprint density at radius 2 is 1.76 bits per heavy atom. The van der Waals surface area contributed by atoms with E-state index in [1.165, 1.54) is 23.3 Å². The number of carbonyl (C=O) groups is 2. The number of nitrogens with one attached hydrogen (secondary N) is 1. The zero-order chi connectivity index (χ0) is 23.5. The van der Waals surface area contributed by atoms with Crippen molar-refractivity contribution in [3.63, 3.8) is 0 Å². The first-order valence-electron chi connectivity index (χ1n) is 10.2. The number of thioether (sulfide) groups is 1. The third-order valence-electron chi connectivity index (χ3n) is 5.02. The van der Waals surface area contributed by atoms with Crippen LogP contribution in [-0.2, 0) is 4.79 Å². The molecule has 1 amide bonds. The zero-order valence-electron chi connectivity index (χ0n) is 17.9. The monoisotopic (exact) mass is 477 g/mol. The van der Waals surface area contributed by atoms with E-state index in [0.29, 0.717) is 38.0 Å². The Hall–Kier alpha value is -3.42. The average Bonchev–Trinajstić information content (AvgIpc) is 2.79. The normalized spacial score (nSPS) is 11.8. The molecule has 1 N–H and O–H groups in total. The largest absolute Gasteiger partial charge is 0.325 e. The average molecular weight is 478 g/mol. The molecule has 0 aliphatic heterocycles. The predicted molar refractivity (Wildman–Crippen MR) is 133 cm³/mol. The van der Waals surface area contributed by atoms with Crippen molar-refractivity contribution in [2.24, 2.45) is 0 Å². The molecule has 3 aromatic carbocycles. The summed E-state index contributed by atoms with van der Waals surface area (Å²) in [6.45, 7) is 3.23. The molecule has 1 atom stereocenters. The van der Waals surface area contributed by atoms with Crippen molar-refractivity contribution in [2.75, 3.05) is 5.32 Å². The van der Waals surface area contributed by atoms with Crippen LogP contribution in [0.2, 0.25) is 5.02 Å². The summed E-state index contributed by atoms with van der Waals surface area (Å²) in [4.78, 5) is 42.3. The number of fused-ring (bicyclic) bond motifs is 1. The van der Waals surface area contributed by atoms with E-state index >= 15 is 0 Å². The highest BCUT2D eigenvalue weighted by atomic mass is 35.5. The number of rotatable bonds is 6. The lowest BCUT2D eigenvalue weighted by atomic mass is 10.1. The SMILES string of the molecule is CC(=O)c1ccc(NC(=O)C(C)Sc2nc3ccccc3c(=O)n2-c2cccc(Cl)c2)cc1. The summed E-state index contributed by atoms with van der Waals surface area (Å²) in [5.41, 5.74) is 2.03. The summed E-state index contributed by atoms with van der Waals surface area (Å²) in [6.07, 6.45) is 0. The van der Waals surface area contributed by atoms with E-state index in [0.717, 1.165) is 0 Å². The fourth-order valence-corrected chi connectivity index (χ4v) is 4.39. The Bertz CT molecular complexity index is 1420. The lowest BCUT2D eigenvalue weighted by molar-refractivity contribution is -0.115. The van der Waals surface area contributed by atoms with Crippen molar-refractivity contribution in [2.45, 2.75) is 24.3 Å². The second kappa shape index (κ2) is 9.60. The molecule has 1 heterocycles. The number of hydrogen-bond acceptors (Lipinski definition) is 5. The molecule has 33 heavy (non-hydrogen) atoms. The molecular formula is C25H20ClN3O3S. The summed E-state index contributed by atoms with van der Waals surface area (Å²) in [5.74, 6) is -0.297. The smallest absolute Gasteiger partial charge is 0.266 e. The second-order valence-electron chi connectivity index (χ2n) is 7.41. The standard InChI is InChI=1S/C25H20ClN3O3S/c1-15(30)17-10-12-19(13-11-17)27-23(31)16(2)33-25-28-22-9-4-3-8-21(22)24(32)29(25)20-7-5-6-18(26)14-20/h3-14,16H,1-2H3,(H,27,31). The van der Waals surface area contributed by atoms with Crippen LogP contribution >= 0.6 is 23.4 Å². The number of halogens is 1. The fourth-order valence-electron chi connectivity index (χ4n) is 3.28. The Labute approximate surface area is 199 Å². The van der Waals surface area contributed by atoms with Gasteiger partial charge in [0, 0.05) is 16.3 Å². The molecule has 0 spiro atoms. The van der Waals surface area contributed by atoms with Crippen molar-refractivity contribution in [3.05, 3.63) is 93.7 Å². The number of Topliss-reactive ketones (excluding diaryl/α,β-unsaturated/α-hetero) is 1. The van der Waals surface area contributed by atoms with Gasteiger partial charge >= 0.3 is 0 Å². The zero-order valence-corrected chi connectivity index (χ0v) is 19.5. The van der Waals surface area contributed by atoms with Crippen LogP contribution in [0.3, 0.4) is 0 Å². The van der Waals surface area contributed by atoms with Crippen molar-refractivity contribution in [3.8, 4) is 5.69 Å². The molecule has 0 bridgehead atoms. The number of hydrogen-bond donors (Lipinski definition) is 1. The van der Waals surface area contributed by atoms with Gasteiger partial charge in [-0.05, 0) is 68.4 Å². The third kappa shape index (κ3) is 4.99. The number of ketones is 1. The predicted octanol–water partition coefficient (Wildman–Crippen LogP) is 5.36. The number of aromatic nitrogens is 2. The Kier molecular flexibility index (Phi) is 6.62. The Morgan fingerprint density at radius 3 is 2.45 bits per heavy atom. The van der Waals surface area contributed by atoms with Gasteiger partial charge in [-0.2, -0.15) is 0 Å². The van der Waals surface area contributed by atoms with Crippen molar-refractivity contribution >= 4 is 51.6 Å². The van der Waals surface area contributed by atoms with E-state index in [-0.39, 0.29) is 17.2 Å². The first-order valence-corrected chi connectivity index (χ1v) is 11.5. The van der Waals surface area contributed by atoms with Gasteiger partial charge < -0.3 is 5.32 Å². The molecule has 4 aromatic rings. The fraction of sp³-hybridized carbons (Fsp3) is 0.120. The van der Waals surface area contributed by atoms with Gasteiger partial charge in [-0.25, -0.2) is 4.98 Å². The minimum Gasteiger partial charge on any atom is -0.325 e. The lowest BCUT2D eigenvalue weighted by Gasteiger charge is -2.16. The minimum atomic E-state index is -0.559. The van der Waals surface area contributed by atoms with Crippen LogP contribution in [-0.4, -0.2) is 26.5 Å². The highest BCUT2D eigenvalue weighted by Crippen LogP contribution is 2.27. The first kappa shape index (κ1) is 22.8. The molecule has 1 aromatic heterocycles. The molecule has 4 rings (SSSR count). The van der Waals surface area contributed by atoms with Crippen molar-refractivity contribution < 1.29 is 9.59 Å². The van der Waals surface area contributed by atoms with Crippen LogP contribution < -0.4 is 10.9 Å². The molecule has 0 radical (unpaired) electrons.